The molecule has 1 N–H and O–H groups in total. The normalized spacial score (nSPS) is 11.1. The number of anilines is 1. The number of carbonyl (C=O) groups excluding carboxylic acids is 1. The number of rotatable bonds is 6. The molecule has 0 spiro atoms. The van der Waals surface area contributed by atoms with Crippen molar-refractivity contribution < 1.29 is 9.53 Å². The van der Waals surface area contributed by atoms with Gasteiger partial charge in [-0.3, -0.25) is 4.79 Å². The van der Waals surface area contributed by atoms with Crippen LogP contribution in [0.25, 0.3) is 6.08 Å². The first kappa shape index (κ1) is 24.8. The van der Waals surface area contributed by atoms with Gasteiger partial charge in [-0.05, 0) is 85.5 Å². The molecule has 3 rings (SSSR count). The minimum absolute atomic E-state index is 0.0941. The average Bonchev–Trinajstić information content (AvgIpc) is 2.76. The van der Waals surface area contributed by atoms with Gasteiger partial charge in [0.2, 0.25) is 0 Å². The standard InChI is InChI=1S/C23H13Br3Cl2N2O2/c24-16-6-4-13(5-7-16)12-32-22-17(25)9-14(10-18(22)26)8-15(11-29)23(31)30-20-3-1-2-19(27)21(20)28/h1-10H,12H2,(H,30,31)/b15-8-. The number of nitrogens with zero attached hydrogens (tertiary/aromatic N) is 1. The molecular weight excluding hydrogens is 647 g/mol. The second-order valence-electron chi connectivity index (χ2n) is 6.45. The van der Waals surface area contributed by atoms with Crippen molar-refractivity contribution in [3.8, 4) is 11.8 Å². The maximum absolute atomic E-state index is 12.6. The molecule has 162 valence electrons. The molecule has 0 fully saturated rings. The highest BCUT2D eigenvalue weighted by Crippen LogP contribution is 2.36. The number of benzene rings is 3. The van der Waals surface area contributed by atoms with Gasteiger partial charge in [-0.15, -0.1) is 0 Å². The van der Waals surface area contributed by atoms with E-state index in [4.69, 9.17) is 27.9 Å². The Morgan fingerprint density at radius 3 is 2.34 bits per heavy atom. The summed E-state index contributed by atoms with van der Waals surface area (Å²) in [7, 11) is 0. The third kappa shape index (κ3) is 6.37. The maximum Gasteiger partial charge on any atom is 0.266 e. The Morgan fingerprint density at radius 2 is 1.72 bits per heavy atom. The fourth-order valence-electron chi connectivity index (χ4n) is 2.64. The van der Waals surface area contributed by atoms with Gasteiger partial charge in [0.05, 0.1) is 24.7 Å². The maximum atomic E-state index is 12.6. The molecule has 3 aromatic carbocycles. The second-order valence-corrected chi connectivity index (χ2v) is 9.86. The lowest BCUT2D eigenvalue weighted by atomic mass is 10.1. The Kier molecular flexibility index (Phi) is 8.80. The zero-order valence-corrected chi connectivity index (χ0v) is 22.4. The summed E-state index contributed by atoms with van der Waals surface area (Å²) in [5.41, 5.74) is 1.87. The van der Waals surface area contributed by atoms with Crippen LogP contribution in [0, 0.1) is 11.3 Å². The lowest BCUT2D eigenvalue weighted by Gasteiger charge is -2.12. The Balaban J connectivity index is 1.78. The molecule has 0 saturated heterocycles. The van der Waals surface area contributed by atoms with Crippen LogP contribution in [0.3, 0.4) is 0 Å². The highest BCUT2D eigenvalue weighted by atomic mass is 79.9. The van der Waals surface area contributed by atoms with Crippen LogP contribution in [0.15, 0.2) is 73.6 Å². The van der Waals surface area contributed by atoms with Crippen LogP contribution in [-0.2, 0) is 11.4 Å². The molecular formula is C23H13Br3Cl2N2O2. The largest absolute Gasteiger partial charge is 0.487 e. The zero-order chi connectivity index (χ0) is 23.3. The number of amides is 1. The van der Waals surface area contributed by atoms with Crippen molar-refractivity contribution in [2.75, 3.05) is 5.32 Å². The molecule has 0 bridgehead atoms. The fourth-order valence-corrected chi connectivity index (χ4v) is 4.70. The molecule has 32 heavy (non-hydrogen) atoms. The third-order valence-electron chi connectivity index (χ3n) is 4.19. The monoisotopic (exact) mass is 656 g/mol. The van der Waals surface area contributed by atoms with Gasteiger partial charge < -0.3 is 10.1 Å². The number of hydrogen-bond acceptors (Lipinski definition) is 3. The Labute approximate surface area is 220 Å². The Bertz CT molecular complexity index is 1220. The predicted molar refractivity (Wildman–Crippen MR) is 139 cm³/mol. The lowest BCUT2D eigenvalue weighted by molar-refractivity contribution is -0.112. The van der Waals surface area contributed by atoms with E-state index in [0.717, 1.165) is 10.0 Å². The Hall–Kier alpha value is -1.82. The third-order valence-corrected chi connectivity index (χ3v) is 6.72. The van der Waals surface area contributed by atoms with Gasteiger partial charge in [-0.1, -0.05) is 57.3 Å². The first-order valence-corrected chi connectivity index (χ1v) is 12.2. The summed E-state index contributed by atoms with van der Waals surface area (Å²) in [5, 5.41) is 12.6. The topological polar surface area (TPSA) is 62.1 Å². The van der Waals surface area contributed by atoms with Crippen molar-refractivity contribution in [3.63, 3.8) is 0 Å². The molecule has 1 amide bonds. The number of nitrogens with one attached hydrogen (secondary N) is 1. The van der Waals surface area contributed by atoms with Gasteiger partial charge >= 0.3 is 0 Å². The first-order valence-electron chi connectivity index (χ1n) is 9.02. The van der Waals surface area contributed by atoms with Gasteiger partial charge in [0.25, 0.3) is 5.91 Å². The van der Waals surface area contributed by atoms with E-state index in [-0.39, 0.29) is 10.6 Å². The van der Waals surface area contributed by atoms with Crippen molar-refractivity contribution in [1.29, 1.82) is 5.26 Å². The summed E-state index contributed by atoms with van der Waals surface area (Å²) in [5.74, 6) is 0.0122. The molecule has 9 heteroatoms. The van der Waals surface area contributed by atoms with Gasteiger partial charge in [0, 0.05) is 4.47 Å². The van der Waals surface area contributed by atoms with Crippen LogP contribution in [-0.4, -0.2) is 5.91 Å². The number of ether oxygens (including phenoxy) is 1. The molecule has 0 heterocycles. The highest BCUT2D eigenvalue weighted by molar-refractivity contribution is 9.11. The lowest BCUT2D eigenvalue weighted by Crippen LogP contribution is -2.13. The smallest absolute Gasteiger partial charge is 0.266 e. The SMILES string of the molecule is N#C/C(=C/c1cc(Br)c(OCc2ccc(Br)cc2)c(Br)c1)C(=O)Nc1cccc(Cl)c1Cl. The van der Waals surface area contributed by atoms with E-state index >= 15 is 0 Å². The van der Waals surface area contributed by atoms with E-state index in [1.807, 2.05) is 30.3 Å². The van der Waals surface area contributed by atoms with Crippen molar-refractivity contribution in [2.24, 2.45) is 0 Å². The predicted octanol–water partition coefficient (Wildman–Crippen LogP) is 8.41. The van der Waals surface area contributed by atoms with E-state index in [0.29, 0.717) is 37.6 Å². The van der Waals surface area contributed by atoms with Crippen LogP contribution < -0.4 is 10.1 Å². The van der Waals surface area contributed by atoms with Gasteiger partial charge in [-0.25, -0.2) is 0 Å². The molecule has 0 atom stereocenters. The van der Waals surface area contributed by atoms with E-state index in [9.17, 15) is 10.1 Å². The Morgan fingerprint density at radius 1 is 1.06 bits per heavy atom. The molecule has 3 aromatic rings. The van der Waals surface area contributed by atoms with E-state index in [1.54, 1.807) is 30.3 Å². The number of halogens is 5. The molecule has 0 aromatic heterocycles. The summed E-state index contributed by atoms with van der Waals surface area (Å²) in [6.07, 6.45) is 1.47. The second kappa shape index (κ2) is 11.4. The quantitative estimate of drug-likeness (QED) is 0.214. The van der Waals surface area contributed by atoms with Crippen molar-refractivity contribution in [1.82, 2.24) is 0 Å². The van der Waals surface area contributed by atoms with Gasteiger partial charge in [0.15, 0.2) is 0 Å². The molecule has 0 unspecified atom stereocenters. The molecule has 0 aliphatic carbocycles. The van der Waals surface area contributed by atoms with Crippen LogP contribution in [0.5, 0.6) is 5.75 Å². The summed E-state index contributed by atoms with van der Waals surface area (Å²) in [4.78, 5) is 12.6. The van der Waals surface area contributed by atoms with Crippen molar-refractivity contribution in [2.45, 2.75) is 6.61 Å². The number of carbonyl (C=O) groups is 1. The minimum Gasteiger partial charge on any atom is -0.487 e. The van der Waals surface area contributed by atoms with Crippen LogP contribution in [0.4, 0.5) is 5.69 Å². The van der Waals surface area contributed by atoms with E-state index < -0.39 is 5.91 Å². The molecule has 0 radical (unpaired) electrons. The fraction of sp³-hybridized carbons (Fsp3) is 0.0435. The highest BCUT2D eigenvalue weighted by Gasteiger charge is 2.14. The van der Waals surface area contributed by atoms with Gasteiger partial charge in [0.1, 0.15) is 24.0 Å². The van der Waals surface area contributed by atoms with Crippen molar-refractivity contribution >= 4 is 88.7 Å². The number of hydrogen-bond donors (Lipinski definition) is 1. The van der Waals surface area contributed by atoms with E-state index in [1.165, 1.54) is 6.08 Å². The minimum atomic E-state index is -0.598. The van der Waals surface area contributed by atoms with Crippen molar-refractivity contribution in [3.05, 3.63) is 94.8 Å². The van der Waals surface area contributed by atoms with E-state index in [2.05, 4.69) is 53.1 Å². The molecule has 0 aliphatic rings. The molecule has 4 nitrogen and oxygen atoms in total. The summed E-state index contributed by atoms with van der Waals surface area (Å²) in [6.45, 7) is 0.381. The summed E-state index contributed by atoms with van der Waals surface area (Å²) in [6, 6.07) is 18.1. The van der Waals surface area contributed by atoms with Crippen LogP contribution in [0.2, 0.25) is 10.0 Å². The van der Waals surface area contributed by atoms with Gasteiger partial charge in [-0.2, -0.15) is 5.26 Å². The molecule has 0 saturated carbocycles. The zero-order valence-electron chi connectivity index (χ0n) is 16.1. The average molecular weight is 660 g/mol. The summed E-state index contributed by atoms with van der Waals surface area (Å²) < 4.78 is 8.27. The van der Waals surface area contributed by atoms with Crippen LogP contribution >= 0.6 is 71.0 Å². The number of nitriles is 1. The first-order chi connectivity index (χ1) is 15.3. The molecule has 0 aliphatic heterocycles. The van der Waals surface area contributed by atoms with Crippen LogP contribution in [0.1, 0.15) is 11.1 Å². The summed E-state index contributed by atoms with van der Waals surface area (Å²) >= 11 is 22.5.